The number of non-ortho nitro benzene ring substituents is 1. The molecule has 10 heteroatoms. The number of ether oxygens (including phenoxy) is 1. The van der Waals surface area contributed by atoms with Gasteiger partial charge in [0, 0.05) is 29.8 Å². The van der Waals surface area contributed by atoms with Crippen molar-refractivity contribution in [1.82, 2.24) is 0 Å². The summed E-state index contributed by atoms with van der Waals surface area (Å²) in [6.45, 7) is 4.37. The van der Waals surface area contributed by atoms with Gasteiger partial charge in [-0.05, 0) is 62.2 Å². The molecule has 0 aliphatic rings. The molecule has 186 valence electrons. The molecule has 0 spiro atoms. The van der Waals surface area contributed by atoms with Gasteiger partial charge in [-0.1, -0.05) is 41.9 Å². The molecule has 1 N–H and O–H groups in total. The summed E-state index contributed by atoms with van der Waals surface area (Å²) in [6, 6.07) is 21.3. The Morgan fingerprint density at radius 1 is 1.00 bits per heavy atom. The van der Waals surface area contributed by atoms with Crippen molar-refractivity contribution in [2.24, 2.45) is 15.6 Å². The van der Waals surface area contributed by atoms with Crippen molar-refractivity contribution in [3.63, 3.8) is 0 Å². The van der Waals surface area contributed by atoms with Gasteiger partial charge < -0.3 is 10.1 Å². The summed E-state index contributed by atoms with van der Waals surface area (Å²) in [5, 5.41) is 22.8. The van der Waals surface area contributed by atoms with Crippen LogP contribution in [0, 0.1) is 15.5 Å². The zero-order chi connectivity index (χ0) is 26.3. The van der Waals surface area contributed by atoms with Crippen LogP contribution in [0.1, 0.15) is 26.3 Å². The molecule has 3 aromatic carbocycles. The number of nitrogens with one attached hydrogen (secondary N) is 1. The summed E-state index contributed by atoms with van der Waals surface area (Å²) in [6.07, 6.45) is 0.163. The Labute approximate surface area is 213 Å². The molecule has 0 saturated carbocycles. The van der Waals surface area contributed by atoms with Gasteiger partial charge in [0.1, 0.15) is 5.41 Å². The van der Waals surface area contributed by atoms with Crippen LogP contribution in [0.15, 0.2) is 89.1 Å². The van der Waals surface area contributed by atoms with Gasteiger partial charge in [-0.25, -0.2) is 0 Å². The fourth-order valence-corrected chi connectivity index (χ4v) is 3.70. The van der Waals surface area contributed by atoms with E-state index in [4.69, 9.17) is 16.3 Å². The van der Waals surface area contributed by atoms with Gasteiger partial charge in [0.25, 0.3) is 5.69 Å². The first kappa shape index (κ1) is 26.5. The zero-order valence-electron chi connectivity index (χ0n) is 20.0. The minimum absolute atomic E-state index is 0.104. The number of hydrogen-bond donors (Lipinski definition) is 1. The molecule has 3 aromatic rings. The number of nitro groups is 1. The molecule has 2 unspecified atom stereocenters. The fourth-order valence-electron chi connectivity index (χ4n) is 3.58. The normalized spacial score (nSPS) is 14.4. The van der Waals surface area contributed by atoms with Crippen molar-refractivity contribution in [1.29, 1.82) is 0 Å². The van der Waals surface area contributed by atoms with Crippen molar-refractivity contribution in [3.8, 4) is 0 Å². The van der Waals surface area contributed by atoms with Crippen LogP contribution in [0.4, 0.5) is 17.1 Å². The van der Waals surface area contributed by atoms with E-state index in [1.807, 2.05) is 30.3 Å². The van der Waals surface area contributed by atoms with Gasteiger partial charge in [-0.15, -0.1) is 5.11 Å². The molecule has 0 aliphatic carbocycles. The zero-order valence-corrected chi connectivity index (χ0v) is 20.7. The molecular weight excluding hydrogens is 484 g/mol. The minimum atomic E-state index is -1.74. The highest BCUT2D eigenvalue weighted by Gasteiger charge is 2.54. The maximum Gasteiger partial charge on any atom is 0.304 e. The van der Waals surface area contributed by atoms with E-state index in [0.29, 0.717) is 16.4 Å². The Kier molecular flexibility index (Phi) is 8.16. The number of carbonyl (C=O) groups excluding carboxylic acids is 2. The van der Waals surface area contributed by atoms with Crippen LogP contribution < -0.4 is 5.32 Å². The monoisotopic (exact) mass is 508 g/mol. The first-order valence-electron chi connectivity index (χ1n) is 11.0. The molecule has 1 amide bonds. The first-order chi connectivity index (χ1) is 17.0. The lowest BCUT2D eigenvalue weighted by molar-refractivity contribution is -0.384. The van der Waals surface area contributed by atoms with Gasteiger partial charge in [-0.2, -0.15) is 5.11 Å². The van der Waals surface area contributed by atoms with E-state index in [1.54, 1.807) is 31.2 Å². The third kappa shape index (κ3) is 6.31. The van der Waals surface area contributed by atoms with Crippen LogP contribution in [0.25, 0.3) is 0 Å². The SMILES string of the molecule is CC(=O)OC(C)(N=Nc1ccc([N+](=O)[O-])cc1)C(C)(Cc1ccccc1)C(=O)Nc1ccc(Cl)cc1. The molecular formula is C26H25ClN4O5. The molecule has 0 saturated heterocycles. The first-order valence-corrected chi connectivity index (χ1v) is 11.4. The molecule has 9 nitrogen and oxygen atoms in total. The summed E-state index contributed by atoms with van der Waals surface area (Å²) < 4.78 is 5.65. The second-order valence-electron chi connectivity index (χ2n) is 8.51. The van der Waals surface area contributed by atoms with Crippen molar-refractivity contribution < 1.29 is 19.2 Å². The molecule has 2 atom stereocenters. The van der Waals surface area contributed by atoms with Crippen LogP contribution in [0.3, 0.4) is 0 Å². The number of benzene rings is 3. The second-order valence-corrected chi connectivity index (χ2v) is 8.94. The fraction of sp³-hybridized carbons (Fsp3) is 0.231. The molecule has 3 rings (SSSR count). The third-order valence-corrected chi connectivity index (χ3v) is 6.04. The molecule has 36 heavy (non-hydrogen) atoms. The summed E-state index contributed by atoms with van der Waals surface area (Å²) in [5.74, 6) is -1.11. The smallest absolute Gasteiger partial charge is 0.304 e. The van der Waals surface area contributed by atoms with Crippen molar-refractivity contribution >= 4 is 40.5 Å². The quantitative estimate of drug-likeness (QED) is 0.153. The van der Waals surface area contributed by atoms with E-state index < -0.39 is 27.9 Å². The van der Waals surface area contributed by atoms with Crippen LogP contribution >= 0.6 is 11.6 Å². The molecule has 0 aromatic heterocycles. The lowest BCUT2D eigenvalue weighted by Crippen LogP contribution is -2.54. The lowest BCUT2D eigenvalue weighted by atomic mass is 9.74. The highest BCUT2D eigenvalue weighted by Crippen LogP contribution is 2.41. The standard InChI is InChI=1S/C26H25ClN4O5/c1-18(32)36-26(3,30-29-22-13-15-23(16-14-22)31(34)35)25(2,17-19-7-5-4-6-8-19)24(33)28-21-11-9-20(27)10-12-21/h4-16H,17H2,1-3H3,(H,28,33). The summed E-state index contributed by atoms with van der Waals surface area (Å²) >= 11 is 5.97. The van der Waals surface area contributed by atoms with Crippen molar-refractivity contribution in [3.05, 3.63) is 99.6 Å². The van der Waals surface area contributed by atoms with E-state index in [-0.39, 0.29) is 12.1 Å². The van der Waals surface area contributed by atoms with E-state index in [2.05, 4.69) is 15.5 Å². The maximum atomic E-state index is 13.8. The van der Waals surface area contributed by atoms with Crippen LogP contribution in [-0.4, -0.2) is 22.5 Å². The number of esters is 1. The van der Waals surface area contributed by atoms with E-state index in [0.717, 1.165) is 5.56 Å². The number of halogens is 1. The number of anilines is 1. The largest absolute Gasteiger partial charge is 0.435 e. The van der Waals surface area contributed by atoms with Gasteiger partial charge in [0.05, 0.1) is 10.6 Å². The van der Waals surface area contributed by atoms with Gasteiger partial charge in [0.2, 0.25) is 11.6 Å². The third-order valence-electron chi connectivity index (χ3n) is 5.79. The van der Waals surface area contributed by atoms with E-state index in [9.17, 15) is 19.7 Å². The van der Waals surface area contributed by atoms with Crippen molar-refractivity contribution in [2.75, 3.05) is 5.32 Å². The average Bonchev–Trinajstić information content (AvgIpc) is 2.84. The molecule has 0 heterocycles. The van der Waals surface area contributed by atoms with Gasteiger partial charge >= 0.3 is 5.97 Å². The second kappa shape index (κ2) is 11.1. The Morgan fingerprint density at radius 3 is 2.17 bits per heavy atom. The number of azo groups is 1. The molecule has 0 aliphatic heterocycles. The van der Waals surface area contributed by atoms with E-state index in [1.165, 1.54) is 38.1 Å². The highest BCUT2D eigenvalue weighted by molar-refractivity contribution is 6.30. The Morgan fingerprint density at radius 2 is 1.61 bits per heavy atom. The topological polar surface area (TPSA) is 123 Å². The maximum absolute atomic E-state index is 13.8. The average molecular weight is 509 g/mol. The molecule has 0 radical (unpaired) electrons. The number of amides is 1. The Bertz CT molecular complexity index is 1270. The number of rotatable bonds is 9. The number of nitro benzene ring substituents is 1. The molecule has 0 bridgehead atoms. The highest BCUT2D eigenvalue weighted by atomic mass is 35.5. The number of hydrogen-bond acceptors (Lipinski definition) is 7. The van der Waals surface area contributed by atoms with Crippen LogP contribution in [0.2, 0.25) is 5.02 Å². The van der Waals surface area contributed by atoms with Gasteiger partial charge in [0.15, 0.2) is 0 Å². The Balaban J connectivity index is 2.05. The minimum Gasteiger partial charge on any atom is -0.435 e. The number of carbonyl (C=O) groups is 2. The summed E-state index contributed by atoms with van der Waals surface area (Å²) in [5.41, 5.74) is -1.67. The van der Waals surface area contributed by atoms with Crippen LogP contribution in [-0.2, 0) is 20.7 Å². The van der Waals surface area contributed by atoms with E-state index >= 15 is 0 Å². The lowest BCUT2D eigenvalue weighted by Gasteiger charge is -2.40. The predicted octanol–water partition coefficient (Wildman–Crippen LogP) is 6.50. The van der Waals surface area contributed by atoms with Crippen molar-refractivity contribution in [2.45, 2.75) is 32.9 Å². The Hall–Kier alpha value is -4.11. The number of nitrogens with zero attached hydrogens (tertiary/aromatic N) is 3. The summed E-state index contributed by atoms with van der Waals surface area (Å²) in [4.78, 5) is 36.3. The van der Waals surface area contributed by atoms with Crippen LogP contribution in [0.5, 0.6) is 0 Å². The predicted molar refractivity (Wildman–Crippen MR) is 136 cm³/mol. The van der Waals surface area contributed by atoms with Gasteiger partial charge in [-0.3, -0.25) is 19.7 Å². The molecule has 0 fully saturated rings. The summed E-state index contributed by atoms with van der Waals surface area (Å²) in [7, 11) is 0.